The zero-order valence-electron chi connectivity index (χ0n) is 12.7. The van der Waals surface area contributed by atoms with Crippen LogP contribution in [-0.4, -0.2) is 31.1 Å². The second-order valence-corrected chi connectivity index (χ2v) is 7.08. The molecule has 1 saturated heterocycles. The lowest BCUT2D eigenvalue weighted by Gasteiger charge is -2.42. The fourth-order valence-corrected chi connectivity index (χ4v) is 3.28. The minimum absolute atomic E-state index is 0. The van der Waals surface area contributed by atoms with Gasteiger partial charge >= 0.3 is 0 Å². The van der Waals surface area contributed by atoms with Gasteiger partial charge in [0, 0.05) is 32.2 Å². The third-order valence-corrected chi connectivity index (χ3v) is 4.20. The Balaban J connectivity index is 0.00000200. The summed E-state index contributed by atoms with van der Waals surface area (Å²) in [6, 6.07) is 5.71. The molecule has 1 aromatic carbocycles. The number of rotatable bonds is 2. The third-order valence-electron chi connectivity index (χ3n) is 3.60. The van der Waals surface area contributed by atoms with E-state index in [1.807, 2.05) is 12.1 Å². The lowest BCUT2D eigenvalue weighted by molar-refractivity contribution is 0.0861. The zero-order chi connectivity index (χ0) is 14.0. The predicted molar refractivity (Wildman–Crippen MR) is 95.2 cm³/mol. The van der Waals surface area contributed by atoms with E-state index in [0.29, 0.717) is 10.5 Å². The molecule has 2 nitrogen and oxygen atoms in total. The smallest absolute Gasteiger partial charge is 0.137 e. The van der Waals surface area contributed by atoms with Crippen LogP contribution in [0.1, 0.15) is 32.4 Å². The molecule has 1 atom stereocenters. The van der Waals surface area contributed by atoms with E-state index in [1.165, 1.54) is 5.56 Å². The van der Waals surface area contributed by atoms with Crippen molar-refractivity contribution in [2.45, 2.75) is 26.8 Å². The minimum atomic E-state index is -0.197. The van der Waals surface area contributed by atoms with Crippen molar-refractivity contribution >= 4 is 40.7 Å². The number of nitrogens with zero attached hydrogens (tertiary/aromatic N) is 1. The van der Waals surface area contributed by atoms with Gasteiger partial charge in [0.1, 0.15) is 5.82 Å². The molecule has 122 valence electrons. The first-order chi connectivity index (χ1) is 8.89. The van der Waals surface area contributed by atoms with Crippen LogP contribution >= 0.6 is 40.7 Å². The SMILES string of the molecule is CC(C)(C)[C@@H](c1ccc(F)c(Br)c1)N1CCNCC1.Cl.Cl. The number of benzene rings is 1. The lowest BCUT2D eigenvalue weighted by atomic mass is 9.81. The summed E-state index contributed by atoms with van der Waals surface area (Å²) in [5.41, 5.74) is 1.30. The van der Waals surface area contributed by atoms with Crippen LogP contribution in [0, 0.1) is 11.2 Å². The Morgan fingerprint density at radius 1 is 1.19 bits per heavy atom. The van der Waals surface area contributed by atoms with Crippen LogP contribution in [0.3, 0.4) is 0 Å². The highest BCUT2D eigenvalue weighted by atomic mass is 79.9. The van der Waals surface area contributed by atoms with Gasteiger partial charge in [0.25, 0.3) is 0 Å². The van der Waals surface area contributed by atoms with Gasteiger partial charge in [-0.2, -0.15) is 0 Å². The molecular weight excluding hydrogens is 378 g/mol. The van der Waals surface area contributed by atoms with Gasteiger partial charge in [0.2, 0.25) is 0 Å². The van der Waals surface area contributed by atoms with Crippen molar-refractivity contribution in [2.24, 2.45) is 5.41 Å². The van der Waals surface area contributed by atoms with Crippen molar-refractivity contribution in [2.75, 3.05) is 26.2 Å². The van der Waals surface area contributed by atoms with Crippen molar-refractivity contribution < 1.29 is 4.39 Å². The van der Waals surface area contributed by atoms with Gasteiger partial charge in [-0.1, -0.05) is 26.8 Å². The maximum Gasteiger partial charge on any atom is 0.137 e. The molecule has 0 saturated carbocycles. The maximum atomic E-state index is 13.4. The van der Waals surface area contributed by atoms with E-state index in [9.17, 15) is 4.39 Å². The second-order valence-electron chi connectivity index (χ2n) is 6.23. The molecule has 1 heterocycles. The normalized spacial score (nSPS) is 17.6. The average molecular weight is 402 g/mol. The minimum Gasteiger partial charge on any atom is -0.314 e. The summed E-state index contributed by atoms with van der Waals surface area (Å²) in [5.74, 6) is -0.197. The molecule has 0 radical (unpaired) electrons. The van der Waals surface area contributed by atoms with Gasteiger partial charge in [-0.25, -0.2) is 4.39 Å². The van der Waals surface area contributed by atoms with Crippen LogP contribution in [-0.2, 0) is 0 Å². The maximum absolute atomic E-state index is 13.4. The Bertz CT molecular complexity index is 446. The monoisotopic (exact) mass is 400 g/mol. The van der Waals surface area contributed by atoms with Crippen LogP contribution in [0.4, 0.5) is 4.39 Å². The Hall–Kier alpha value is 0.130. The summed E-state index contributed by atoms with van der Waals surface area (Å²) in [5, 5.41) is 3.38. The van der Waals surface area contributed by atoms with E-state index < -0.39 is 0 Å². The molecular formula is C15H24BrCl2FN2. The van der Waals surface area contributed by atoms with Crippen LogP contribution in [0.25, 0.3) is 0 Å². The molecule has 21 heavy (non-hydrogen) atoms. The predicted octanol–water partition coefficient (Wildman–Crippen LogP) is 4.42. The first kappa shape index (κ1) is 21.1. The summed E-state index contributed by atoms with van der Waals surface area (Å²) >= 11 is 3.30. The van der Waals surface area contributed by atoms with Crippen molar-refractivity contribution in [3.63, 3.8) is 0 Å². The zero-order valence-corrected chi connectivity index (χ0v) is 15.9. The van der Waals surface area contributed by atoms with Gasteiger partial charge in [-0.15, -0.1) is 24.8 Å². The molecule has 0 aliphatic carbocycles. The van der Waals surface area contributed by atoms with E-state index in [2.05, 4.69) is 46.9 Å². The van der Waals surface area contributed by atoms with Crippen LogP contribution in [0.5, 0.6) is 0 Å². The number of hydrogen-bond acceptors (Lipinski definition) is 2. The molecule has 0 aromatic heterocycles. The Kier molecular flexibility index (Phi) is 8.74. The quantitative estimate of drug-likeness (QED) is 0.788. The van der Waals surface area contributed by atoms with Gasteiger partial charge in [0.15, 0.2) is 0 Å². The summed E-state index contributed by atoms with van der Waals surface area (Å²) < 4.78 is 14.0. The summed E-state index contributed by atoms with van der Waals surface area (Å²) in [4.78, 5) is 2.50. The van der Waals surface area contributed by atoms with Crippen LogP contribution < -0.4 is 5.32 Å². The highest BCUT2D eigenvalue weighted by molar-refractivity contribution is 9.10. The highest BCUT2D eigenvalue weighted by Crippen LogP contribution is 2.39. The summed E-state index contributed by atoms with van der Waals surface area (Å²) in [6.07, 6.45) is 0. The van der Waals surface area contributed by atoms with Crippen molar-refractivity contribution in [1.82, 2.24) is 10.2 Å². The molecule has 6 heteroatoms. The molecule has 0 bridgehead atoms. The third kappa shape index (κ3) is 5.36. The first-order valence-corrected chi connectivity index (χ1v) is 7.58. The van der Waals surface area contributed by atoms with Gasteiger partial charge in [0.05, 0.1) is 4.47 Å². The molecule has 0 unspecified atom stereocenters. The number of halogens is 4. The van der Waals surface area contributed by atoms with Crippen molar-refractivity contribution in [3.05, 3.63) is 34.1 Å². The average Bonchev–Trinajstić information content (AvgIpc) is 2.34. The lowest BCUT2D eigenvalue weighted by Crippen LogP contribution is -2.48. The van der Waals surface area contributed by atoms with Crippen LogP contribution in [0.2, 0.25) is 0 Å². The largest absolute Gasteiger partial charge is 0.314 e. The van der Waals surface area contributed by atoms with Gasteiger partial charge < -0.3 is 5.32 Å². The molecule has 0 amide bonds. The van der Waals surface area contributed by atoms with E-state index in [4.69, 9.17) is 0 Å². The number of hydrogen-bond donors (Lipinski definition) is 1. The fraction of sp³-hybridized carbons (Fsp3) is 0.600. The van der Waals surface area contributed by atoms with Crippen LogP contribution in [0.15, 0.2) is 22.7 Å². The molecule has 1 fully saturated rings. The van der Waals surface area contributed by atoms with Crippen molar-refractivity contribution in [1.29, 1.82) is 0 Å². The standard InChI is InChI=1S/C15H22BrFN2.2ClH/c1-15(2,3)14(19-8-6-18-7-9-19)11-4-5-13(17)12(16)10-11;;/h4-5,10,14,18H,6-9H2,1-3H3;2*1H/t14-;;/m1../s1. The van der Waals surface area contributed by atoms with E-state index in [0.717, 1.165) is 26.2 Å². The topological polar surface area (TPSA) is 15.3 Å². The number of nitrogens with one attached hydrogen (secondary N) is 1. The molecule has 1 aliphatic heterocycles. The summed E-state index contributed by atoms with van der Waals surface area (Å²) in [6.45, 7) is 10.9. The molecule has 2 rings (SSSR count). The fourth-order valence-electron chi connectivity index (χ4n) is 2.88. The second kappa shape index (κ2) is 8.68. The van der Waals surface area contributed by atoms with Gasteiger partial charge in [-0.05, 0) is 39.0 Å². The Labute approximate surface area is 147 Å². The highest BCUT2D eigenvalue weighted by Gasteiger charge is 2.32. The van der Waals surface area contributed by atoms with Gasteiger partial charge in [-0.3, -0.25) is 4.90 Å². The van der Waals surface area contributed by atoms with E-state index >= 15 is 0 Å². The summed E-state index contributed by atoms with van der Waals surface area (Å²) in [7, 11) is 0. The Morgan fingerprint density at radius 2 is 1.76 bits per heavy atom. The molecule has 1 N–H and O–H groups in total. The molecule has 1 aromatic rings. The van der Waals surface area contributed by atoms with E-state index in [1.54, 1.807) is 6.07 Å². The molecule has 1 aliphatic rings. The van der Waals surface area contributed by atoms with E-state index in [-0.39, 0.29) is 36.0 Å². The Morgan fingerprint density at radius 3 is 2.24 bits per heavy atom. The first-order valence-electron chi connectivity index (χ1n) is 6.79. The molecule has 0 spiro atoms. The van der Waals surface area contributed by atoms with Crippen molar-refractivity contribution in [3.8, 4) is 0 Å². The number of piperazine rings is 1.